The van der Waals surface area contributed by atoms with E-state index in [9.17, 15) is 26.0 Å². The van der Waals surface area contributed by atoms with Crippen LogP contribution in [0.4, 0.5) is 17.6 Å². The highest BCUT2D eigenvalue weighted by molar-refractivity contribution is 7.90. The number of hydrogen-bond acceptors (Lipinski definition) is 2. The molecule has 2 rings (SSSR count). The van der Waals surface area contributed by atoms with Crippen molar-refractivity contribution in [2.75, 3.05) is 6.54 Å². The molecule has 0 fully saturated rings. The van der Waals surface area contributed by atoms with Crippen LogP contribution < -0.4 is 4.72 Å². The van der Waals surface area contributed by atoms with Crippen molar-refractivity contribution in [1.82, 2.24) is 4.72 Å². The van der Waals surface area contributed by atoms with E-state index in [1.807, 2.05) is 4.72 Å². The molecule has 0 radical (unpaired) electrons. The van der Waals surface area contributed by atoms with Crippen LogP contribution in [0.1, 0.15) is 18.4 Å². The minimum atomic E-state index is -4.74. The van der Waals surface area contributed by atoms with Crippen molar-refractivity contribution >= 4 is 10.0 Å². The maximum atomic E-state index is 13.8. The van der Waals surface area contributed by atoms with Crippen LogP contribution in [0.15, 0.2) is 48.5 Å². The fourth-order valence-electron chi connectivity index (χ4n) is 2.26. The Morgan fingerprint density at radius 2 is 1.60 bits per heavy atom. The molecule has 2 atom stereocenters. The maximum Gasteiger partial charge on any atom is 0.285 e. The smallest absolute Gasteiger partial charge is 0.222 e. The molecule has 3 nitrogen and oxygen atoms in total. The minimum absolute atomic E-state index is 0.228. The summed E-state index contributed by atoms with van der Waals surface area (Å²) in [5.41, 5.74) is -1.48. The molecule has 0 saturated heterocycles. The van der Waals surface area contributed by atoms with Gasteiger partial charge in [0.05, 0.1) is 0 Å². The Kier molecular flexibility index (Phi) is 6.18. The Hall–Kier alpha value is -1.93. The van der Waals surface area contributed by atoms with E-state index in [1.54, 1.807) is 49.4 Å². The van der Waals surface area contributed by atoms with Crippen LogP contribution in [0, 0.1) is 5.82 Å². The number of nitrogens with one attached hydrogen (secondary N) is 1. The first-order valence-corrected chi connectivity index (χ1v) is 9.02. The highest BCUT2D eigenvalue weighted by atomic mass is 32.2. The zero-order valence-electron chi connectivity index (χ0n) is 13.3. The lowest BCUT2D eigenvalue weighted by Crippen LogP contribution is -2.37. The van der Waals surface area contributed by atoms with Gasteiger partial charge in [-0.05, 0) is 23.1 Å². The Morgan fingerprint density at radius 1 is 1.00 bits per heavy atom. The number of alkyl halides is 3. The third kappa shape index (κ3) is 4.79. The lowest BCUT2D eigenvalue weighted by Gasteiger charge is -2.15. The van der Waals surface area contributed by atoms with E-state index in [0.29, 0.717) is 16.7 Å². The first-order valence-electron chi connectivity index (χ1n) is 7.48. The number of halogens is 4. The van der Waals surface area contributed by atoms with Crippen molar-refractivity contribution in [2.45, 2.75) is 24.8 Å². The molecule has 8 heteroatoms. The van der Waals surface area contributed by atoms with E-state index >= 15 is 0 Å². The third-order valence-corrected chi connectivity index (χ3v) is 5.12. The maximum absolute atomic E-state index is 13.8. The Morgan fingerprint density at radius 3 is 2.16 bits per heavy atom. The molecular formula is C17H17F4NO2S. The monoisotopic (exact) mass is 375 g/mol. The third-order valence-electron chi connectivity index (χ3n) is 3.75. The van der Waals surface area contributed by atoms with Crippen LogP contribution in [0.5, 0.6) is 0 Å². The van der Waals surface area contributed by atoms with Gasteiger partial charge in [0.25, 0.3) is 11.9 Å². The zero-order chi connectivity index (χ0) is 18.6. The summed E-state index contributed by atoms with van der Waals surface area (Å²) in [5.74, 6) is -0.744. The molecule has 0 bridgehead atoms. The highest BCUT2D eigenvalue weighted by Crippen LogP contribution is 2.25. The first kappa shape index (κ1) is 19.4. The van der Waals surface area contributed by atoms with E-state index < -0.39 is 22.0 Å². The second kappa shape index (κ2) is 7.97. The largest absolute Gasteiger partial charge is 0.285 e. The molecule has 0 saturated carbocycles. The summed E-state index contributed by atoms with van der Waals surface area (Å²) in [6.07, 6.45) is -3.60. The summed E-state index contributed by atoms with van der Waals surface area (Å²) in [4.78, 5) is 0. The van der Waals surface area contributed by atoms with Crippen molar-refractivity contribution in [3.8, 4) is 11.1 Å². The Labute approximate surface area is 143 Å². The van der Waals surface area contributed by atoms with Crippen LogP contribution in [-0.4, -0.2) is 26.9 Å². The first-order chi connectivity index (χ1) is 11.7. The van der Waals surface area contributed by atoms with Gasteiger partial charge in [-0.25, -0.2) is 30.7 Å². The molecule has 0 spiro atoms. The van der Waals surface area contributed by atoms with Gasteiger partial charge >= 0.3 is 0 Å². The second-order valence-electron chi connectivity index (χ2n) is 5.58. The summed E-state index contributed by atoms with van der Waals surface area (Å²) in [5, 5.41) is 0. The van der Waals surface area contributed by atoms with Crippen LogP contribution in [0.25, 0.3) is 11.1 Å². The minimum Gasteiger partial charge on any atom is -0.222 e. The average molecular weight is 375 g/mol. The fraction of sp³-hybridized carbons (Fsp3) is 0.294. The summed E-state index contributed by atoms with van der Waals surface area (Å²) < 4.78 is 75.7. The second-order valence-corrected chi connectivity index (χ2v) is 7.41. The summed E-state index contributed by atoms with van der Waals surface area (Å²) in [6.45, 7) is 1.44. The van der Waals surface area contributed by atoms with Crippen LogP contribution >= 0.6 is 0 Å². The summed E-state index contributed by atoms with van der Waals surface area (Å²) >= 11 is 0. The topological polar surface area (TPSA) is 46.2 Å². The van der Waals surface area contributed by atoms with Gasteiger partial charge in [-0.3, -0.25) is 0 Å². The van der Waals surface area contributed by atoms with Gasteiger partial charge < -0.3 is 0 Å². The molecule has 0 aliphatic carbocycles. The van der Waals surface area contributed by atoms with Crippen molar-refractivity contribution in [3.63, 3.8) is 0 Å². The number of hydrogen-bond donors (Lipinski definition) is 1. The fourth-order valence-corrected chi connectivity index (χ4v) is 3.17. The summed E-state index contributed by atoms with van der Waals surface area (Å²) in [6, 6.07) is 13.0. The van der Waals surface area contributed by atoms with Crippen LogP contribution in [-0.2, 0) is 10.0 Å². The van der Waals surface area contributed by atoms with Gasteiger partial charge in [-0.15, -0.1) is 0 Å². The lowest BCUT2D eigenvalue weighted by molar-refractivity contribution is 0.0896. The normalized spacial score (nSPS) is 14.5. The molecule has 2 unspecified atom stereocenters. The molecule has 1 N–H and O–H groups in total. The molecule has 0 aromatic heterocycles. The van der Waals surface area contributed by atoms with E-state index in [2.05, 4.69) is 0 Å². The number of benzene rings is 2. The van der Waals surface area contributed by atoms with Gasteiger partial charge in [-0.2, -0.15) is 0 Å². The quantitative estimate of drug-likeness (QED) is 0.742. The molecule has 0 amide bonds. The molecular weight excluding hydrogens is 358 g/mol. The molecule has 25 heavy (non-hydrogen) atoms. The number of sulfonamides is 1. The van der Waals surface area contributed by atoms with Crippen molar-refractivity contribution in [2.24, 2.45) is 0 Å². The highest BCUT2D eigenvalue weighted by Gasteiger charge is 2.33. The number of rotatable bonds is 7. The molecule has 0 heterocycles. The SMILES string of the molecule is CC(CNS(=O)(=O)C(F)C(F)F)c1ccc(-c2ccccc2F)cc1. The van der Waals surface area contributed by atoms with Gasteiger partial charge in [0.2, 0.25) is 10.0 Å². The van der Waals surface area contributed by atoms with Crippen molar-refractivity contribution in [1.29, 1.82) is 0 Å². The van der Waals surface area contributed by atoms with E-state index in [4.69, 9.17) is 0 Å². The molecule has 0 aliphatic heterocycles. The molecule has 0 aliphatic rings. The predicted octanol–water partition coefficient (Wildman–Crippen LogP) is 4.08. The van der Waals surface area contributed by atoms with Gasteiger partial charge in [0.1, 0.15) is 5.82 Å². The van der Waals surface area contributed by atoms with Gasteiger partial charge in [0, 0.05) is 12.1 Å². The van der Waals surface area contributed by atoms with E-state index in [-0.39, 0.29) is 18.3 Å². The summed E-state index contributed by atoms with van der Waals surface area (Å²) in [7, 11) is -4.74. The molecule has 2 aromatic rings. The van der Waals surface area contributed by atoms with Crippen LogP contribution in [0.2, 0.25) is 0 Å². The predicted molar refractivity (Wildman–Crippen MR) is 88.1 cm³/mol. The zero-order valence-corrected chi connectivity index (χ0v) is 14.1. The van der Waals surface area contributed by atoms with Gasteiger partial charge in [0.15, 0.2) is 0 Å². The van der Waals surface area contributed by atoms with Crippen molar-refractivity contribution < 1.29 is 26.0 Å². The van der Waals surface area contributed by atoms with Crippen LogP contribution in [0.3, 0.4) is 0 Å². The van der Waals surface area contributed by atoms with Gasteiger partial charge in [-0.1, -0.05) is 49.4 Å². The Bertz CT molecular complexity index is 810. The van der Waals surface area contributed by atoms with E-state index in [1.165, 1.54) is 6.07 Å². The molecule has 2 aromatic carbocycles. The van der Waals surface area contributed by atoms with E-state index in [0.717, 1.165) is 0 Å². The standard InChI is InChI=1S/C17H17F4NO2S/c1-11(10-22-25(23,24)17(21)16(19)20)12-6-8-13(9-7-12)14-4-2-3-5-15(14)18/h2-9,11,16-17,22H,10H2,1H3. The lowest BCUT2D eigenvalue weighted by atomic mass is 9.97. The van der Waals surface area contributed by atoms with Crippen molar-refractivity contribution in [3.05, 3.63) is 59.9 Å². The molecule has 136 valence electrons. The Balaban J connectivity index is 2.06. The average Bonchev–Trinajstić information content (AvgIpc) is 2.59.